The van der Waals surface area contributed by atoms with Crippen molar-refractivity contribution in [3.8, 4) is 0 Å². The summed E-state index contributed by atoms with van der Waals surface area (Å²) in [7, 11) is 0. The van der Waals surface area contributed by atoms with E-state index in [1.807, 2.05) is 0 Å². The van der Waals surface area contributed by atoms with E-state index in [2.05, 4.69) is 10.9 Å². The molecule has 2 aromatic rings. The van der Waals surface area contributed by atoms with Gasteiger partial charge in [0, 0.05) is 15.5 Å². The molecule has 0 aliphatic carbocycles. The SMILES string of the molecule is Cc1ccc(F)cc1C(=O)NNC(=O)CSc1ccc(Cl)cc1. The molecule has 2 aromatic carbocycles. The molecule has 7 heteroatoms. The fourth-order valence-electron chi connectivity index (χ4n) is 1.75. The molecule has 2 N–H and O–H groups in total. The van der Waals surface area contributed by atoms with E-state index in [1.54, 1.807) is 31.2 Å². The smallest absolute Gasteiger partial charge is 0.270 e. The van der Waals surface area contributed by atoms with Crippen LogP contribution >= 0.6 is 23.4 Å². The largest absolute Gasteiger partial charge is 0.272 e. The maximum Gasteiger partial charge on any atom is 0.270 e. The van der Waals surface area contributed by atoms with Crippen LogP contribution in [0.3, 0.4) is 0 Å². The molecule has 0 saturated carbocycles. The third kappa shape index (κ3) is 5.26. The first-order chi connectivity index (χ1) is 11.0. The maximum atomic E-state index is 13.2. The normalized spacial score (nSPS) is 10.2. The number of nitrogens with one attached hydrogen (secondary N) is 2. The van der Waals surface area contributed by atoms with Gasteiger partial charge in [0.25, 0.3) is 5.91 Å². The van der Waals surface area contributed by atoms with E-state index in [-0.39, 0.29) is 17.2 Å². The number of amides is 2. The number of aryl methyl sites for hydroxylation is 1. The van der Waals surface area contributed by atoms with Gasteiger partial charge in [-0.05, 0) is 48.9 Å². The van der Waals surface area contributed by atoms with Gasteiger partial charge in [-0.1, -0.05) is 17.7 Å². The number of hydrazine groups is 1. The molecule has 0 radical (unpaired) electrons. The highest BCUT2D eigenvalue weighted by atomic mass is 35.5. The van der Waals surface area contributed by atoms with E-state index in [0.29, 0.717) is 10.6 Å². The summed E-state index contributed by atoms with van der Waals surface area (Å²) in [6.07, 6.45) is 0. The van der Waals surface area contributed by atoms with Crippen molar-refractivity contribution >= 4 is 35.2 Å². The fourth-order valence-corrected chi connectivity index (χ4v) is 2.57. The Morgan fingerprint density at radius 3 is 2.52 bits per heavy atom. The van der Waals surface area contributed by atoms with Crippen molar-refractivity contribution in [2.45, 2.75) is 11.8 Å². The van der Waals surface area contributed by atoms with E-state index >= 15 is 0 Å². The van der Waals surface area contributed by atoms with Crippen molar-refractivity contribution in [3.05, 3.63) is 64.4 Å². The monoisotopic (exact) mass is 352 g/mol. The van der Waals surface area contributed by atoms with Crippen LogP contribution in [-0.2, 0) is 4.79 Å². The molecule has 0 bridgehead atoms. The number of halogens is 2. The first-order valence-electron chi connectivity index (χ1n) is 6.69. The van der Waals surface area contributed by atoms with Crippen molar-refractivity contribution in [1.82, 2.24) is 10.9 Å². The van der Waals surface area contributed by atoms with Gasteiger partial charge in [0.15, 0.2) is 0 Å². The third-order valence-corrected chi connectivity index (χ3v) is 4.21. The van der Waals surface area contributed by atoms with Gasteiger partial charge >= 0.3 is 0 Å². The molecule has 0 saturated heterocycles. The van der Waals surface area contributed by atoms with Crippen LogP contribution in [0.2, 0.25) is 5.02 Å². The molecule has 2 rings (SSSR count). The van der Waals surface area contributed by atoms with Crippen LogP contribution in [0.15, 0.2) is 47.4 Å². The lowest BCUT2D eigenvalue weighted by Crippen LogP contribution is -2.42. The first-order valence-corrected chi connectivity index (χ1v) is 8.06. The van der Waals surface area contributed by atoms with E-state index in [1.165, 1.54) is 23.9 Å². The third-order valence-electron chi connectivity index (χ3n) is 2.94. The second kappa shape index (κ2) is 7.99. The summed E-state index contributed by atoms with van der Waals surface area (Å²) in [5.74, 6) is -1.31. The van der Waals surface area contributed by atoms with Crippen LogP contribution in [0.4, 0.5) is 4.39 Å². The summed E-state index contributed by atoms with van der Waals surface area (Å²) in [4.78, 5) is 24.5. The van der Waals surface area contributed by atoms with Gasteiger partial charge in [-0.3, -0.25) is 20.4 Å². The number of hydrogen-bond acceptors (Lipinski definition) is 3. The molecule has 0 aromatic heterocycles. The Morgan fingerprint density at radius 1 is 1.13 bits per heavy atom. The predicted molar refractivity (Wildman–Crippen MR) is 88.9 cm³/mol. The zero-order valence-corrected chi connectivity index (χ0v) is 13.8. The minimum atomic E-state index is -0.563. The summed E-state index contributed by atoms with van der Waals surface area (Å²) < 4.78 is 13.2. The highest BCUT2D eigenvalue weighted by Crippen LogP contribution is 2.19. The van der Waals surface area contributed by atoms with Gasteiger partial charge in [-0.2, -0.15) is 0 Å². The summed E-state index contributed by atoms with van der Waals surface area (Å²) in [5.41, 5.74) is 5.37. The quantitative estimate of drug-likeness (QED) is 0.655. The topological polar surface area (TPSA) is 58.2 Å². The van der Waals surface area contributed by atoms with Crippen molar-refractivity contribution < 1.29 is 14.0 Å². The second-order valence-electron chi connectivity index (χ2n) is 4.70. The Bertz CT molecular complexity index is 723. The minimum absolute atomic E-state index is 0.129. The number of carbonyl (C=O) groups excluding carboxylic acids is 2. The molecule has 0 unspecified atom stereocenters. The molecular formula is C16H14ClFN2O2S. The Kier molecular flexibility index (Phi) is 6.01. The zero-order chi connectivity index (χ0) is 16.8. The maximum absolute atomic E-state index is 13.2. The van der Waals surface area contributed by atoms with Crippen LogP contribution in [0.5, 0.6) is 0 Å². The summed E-state index contributed by atoms with van der Waals surface area (Å²) in [6, 6.07) is 11.0. The summed E-state index contributed by atoms with van der Waals surface area (Å²) in [6.45, 7) is 1.69. The average Bonchev–Trinajstić information content (AvgIpc) is 2.54. The van der Waals surface area contributed by atoms with Crippen LogP contribution in [-0.4, -0.2) is 17.6 Å². The van der Waals surface area contributed by atoms with Gasteiger partial charge in [-0.15, -0.1) is 11.8 Å². The molecule has 0 aliphatic rings. The number of rotatable bonds is 4. The first kappa shape index (κ1) is 17.3. The van der Waals surface area contributed by atoms with Crippen molar-refractivity contribution in [1.29, 1.82) is 0 Å². The van der Waals surface area contributed by atoms with Gasteiger partial charge in [-0.25, -0.2) is 4.39 Å². The average molecular weight is 353 g/mol. The van der Waals surface area contributed by atoms with Gasteiger partial charge in [0.2, 0.25) is 5.91 Å². The van der Waals surface area contributed by atoms with Crippen LogP contribution in [0, 0.1) is 12.7 Å². The van der Waals surface area contributed by atoms with Crippen LogP contribution < -0.4 is 10.9 Å². The van der Waals surface area contributed by atoms with E-state index in [0.717, 1.165) is 11.0 Å². The second-order valence-corrected chi connectivity index (χ2v) is 6.19. The van der Waals surface area contributed by atoms with Crippen LogP contribution in [0.1, 0.15) is 15.9 Å². The number of carbonyl (C=O) groups is 2. The summed E-state index contributed by atoms with van der Waals surface area (Å²) in [5, 5.41) is 0.622. The van der Waals surface area contributed by atoms with E-state index in [9.17, 15) is 14.0 Å². The highest BCUT2D eigenvalue weighted by molar-refractivity contribution is 8.00. The molecule has 0 heterocycles. The van der Waals surface area contributed by atoms with Crippen LogP contribution in [0.25, 0.3) is 0 Å². The van der Waals surface area contributed by atoms with Crippen molar-refractivity contribution in [2.75, 3.05) is 5.75 Å². The minimum Gasteiger partial charge on any atom is -0.272 e. The van der Waals surface area contributed by atoms with E-state index < -0.39 is 11.7 Å². The van der Waals surface area contributed by atoms with Gasteiger partial charge < -0.3 is 0 Å². The molecule has 23 heavy (non-hydrogen) atoms. The molecule has 0 fully saturated rings. The standard InChI is InChI=1S/C16H14ClFN2O2S/c1-10-2-5-12(18)8-14(10)16(22)20-19-15(21)9-23-13-6-3-11(17)4-7-13/h2-8H,9H2,1H3,(H,19,21)(H,20,22). The fraction of sp³-hybridized carbons (Fsp3) is 0.125. The molecule has 0 spiro atoms. The molecule has 2 amide bonds. The molecule has 0 aliphatic heterocycles. The lowest BCUT2D eigenvalue weighted by molar-refractivity contribution is -0.119. The number of hydrogen-bond donors (Lipinski definition) is 2. The Labute approximate surface area is 142 Å². The Morgan fingerprint density at radius 2 is 1.83 bits per heavy atom. The van der Waals surface area contributed by atoms with Gasteiger partial charge in [0.05, 0.1) is 5.75 Å². The van der Waals surface area contributed by atoms with Crippen molar-refractivity contribution in [3.63, 3.8) is 0 Å². The number of benzene rings is 2. The Balaban J connectivity index is 1.83. The highest BCUT2D eigenvalue weighted by Gasteiger charge is 2.11. The molecule has 0 atom stereocenters. The molecule has 4 nitrogen and oxygen atoms in total. The lowest BCUT2D eigenvalue weighted by atomic mass is 10.1. The van der Waals surface area contributed by atoms with Gasteiger partial charge in [0.1, 0.15) is 5.82 Å². The lowest BCUT2D eigenvalue weighted by Gasteiger charge is -2.09. The predicted octanol–water partition coefficient (Wildman–Crippen LogP) is 3.34. The zero-order valence-electron chi connectivity index (χ0n) is 12.2. The summed E-state index contributed by atoms with van der Waals surface area (Å²) >= 11 is 7.09. The van der Waals surface area contributed by atoms with Crippen molar-refractivity contribution in [2.24, 2.45) is 0 Å². The molecule has 120 valence electrons. The molecular weight excluding hydrogens is 339 g/mol. The Hall–Kier alpha value is -2.05. The van der Waals surface area contributed by atoms with E-state index in [4.69, 9.17) is 11.6 Å². The number of thioether (sulfide) groups is 1.